The highest BCUT2D eigenvalue weighted by molar-refractivity contribution is 6.04. The number of Topliss-reactive ketones (excluding diaryl/α,β-unsaturated/α-hetero) is 2. The third-order valence-electron chi connectivity index (χ3n) is 13.5. The Labute approximate surface area is 201 Å². The molecule has 1 N–H and O–H groups in total. The molecule has 0 spiro atoms. The Morgan fingerprint density at radius 2 is 1.42 bits per heavy atom. The van der Waals surface area contributed by atoms with Gasteiger partial charge >= 0.3 is 0 Å². The number of fused-ring (bicyclic) bond motifs is 7. The molecule has 5 fully saturated rings. The standard InChI is InChI=1S/C30H48O3/c1-18-19(31)15-20(32)24-27(18,5)10-9-21-28(24,6)13-14-29(7)22-16-25(2,3)11-12-26(22,4)17-23(33)30(21,29)8/h18,21-24,33H,9-17H2,1-8H3/t18-,21-,22+,23-,24+,26+,27+,28+,29-,30-/m0/s1. The van der Waals surface area contributed by atoms with E-state index >= 15 is 0 Å². The van der Waals surface area contributed by atoms with E-state index in [1.165, 1.54) is 19.3 Å². The normalized spacial score (nSPS) is 58.0. The molecule has 0 aromatic heterocycles. The van der Waals surface area contributed by atoms with Gasteiger partial charge in [-0.3, -0.25) is 9.59 Å². The molecule has 0 saturated heterocycles. The second-order valence-electron chi connectivity index (χ2n) is 15.4. The largest absolute Gasteiger partial charge is 0.393 e. The van der Waals surface area contributed by atoms with Crippen molar-refractivity contribution in [3.63, 3.8) is 0 Å². The van der Waals surface area contributed by atoms with Crippen LogP contribution in [-0.2, 0) is 9.59 Å². The second kappa shape index (κ2) is 6.74. The van der Waals surface area contributed by atoms with Crippen LogP contribution in [0.15, 0.2) is 0 Å². The van der Waals surface area contributed by atoms with Crippen molar-refractivity contribution in [2.24, 2.45) is 56.2 Å². The Morgan fingerprint density at radius 1 is 0.758 bits per heavy atom. The summed E-state index contributed by atoms with van der Waals surface area (Å²) in [6, 6.07) is 0. The van der Waals surface area contributed by atoms with E-state index < -0.39 is 0 Å². The van der Waals surface area contributed by atoms with Crippen molar-refractivity contribution < 1.29 is 14.7 Å². The van der Waals surface area contributed by atoms with E-state index in [1.807, 2.05) is 0 Å². The molecule has 5 saturated carbocycles. The van der Waals surface area contributed by atoms with E-state index in [9.17, 15) is 14.7 Å². The van der Waals surface area contributed by atoms with E-state index in [2.05, 4.69) is 55.4 Å². The molecule has 0 bridgehead atoms. The van der Waals surface area contributed by atoms with Crippen molar-refractivity contribution in [2.45, 2.75) is 119 Å². The lowest BCUT2D eigenvalue weighted by molar-refractivity contribution is -0.287. The SMILES string of the molecule is C[C@H]1C(=O)CC(=O)[C@@H]2[C@]1(C)CC[C@H]1[C@@]2(C)CC[C@@]2(C)[C@@H]3CC(C)(C)CC[C@]3(C)C[C@H](O)[C@]12C. The Bertz CT molecular complexity index is 891. The molecule has 186 valence electrons. The topological polar surface area (TPSA) is 54.4 Å². The van der Waals surface area contributed by atoms with Crippen LogP contribution >= 0.6 is 0 Å². The minimum absolute atomic E-state index is 0.0437. The van der Waals surface area contributed by atoms with Crippen molar-refractivity contribution in [2.75, 3.05) is 0 Å². The molecule has 5 aliphatic carbocycles. The Balaban J connectivity index is 1.61. The van der Waals surface area contributed by atoms with Crippen LogP contribution in [-0.4, -0.2) is 22.8 Å². The first-order valence-electron chi connectivity index (χ1n) is 13.8. The molecule has 0 aromatic carbocycles. The van der Waals surface area contributed by atoms with Crippen LogP contribution in [0.5, 0.6) is 0 Å². The third kappa shape index (κ3) is 2.78. The van der Waals surface area contributed by atoms with Gasteiger partial charge in [-0.15, -0.1) is 0 Å². The van der Waals surface area contributed by atoms with Crippen LogP contribution in [0, 0.1) is 56.2 Å². The van der Waals surface area contributed by atoms with E-state index in [4.69, 9.17) is 0 Å². The van der Waals surface area contributed by atoms with Gasteiger partial charge in [-0.05, 0) is 90.3 Å². The highest BCUT2D eigenvalue weighted by Gasteiger charge is 2.74. The molecule has 0 aliphatic heterocycles. The van der Waals surface area contributed by atoms with Crippen LogP contribution < -0.4 is 0 Å². The molecule has 0 aromatic rings. The maximum Gasteiger partial charge on any atom is 0.144 e. The van der Waals surface area contributed by atoms with Crippen LogP contribution in [0.25, 0.3) is 0 Å². The molecular formula is C30H48O3. The highest BCUT2D eigenvalue weighted by Crippen LogP contribution is 2.78. The Hall–Kier alpha value is -0.700. The number of ketones is 2. The number of rotatable bonds is 0. The zero-order valence-corrected chi connectivity index (χ0v) is 22.5. The molecule has 0 radical (unpaired) electrons. The predicted octanol–water partition coefficient (Wildman–Crippen LogP) is 6.61. The Morgan fingerprint density at radius 3 is 2.09 bits per heavy atom. The third-order valence-corrected chi connectivity index (χ3v) is 13.5. The maximum atomic E-state index is 13.6. The second-order valence-corrected chi connectivity index (χ2v) is 15.4. The first kappa shape index (κ1) is 24.0. The fourth-order valence-corrected chi connectivity index (χ4v) is 11.1. The van der Waals surface area contributed by atoms with Gasteiger partial charge in [-0.25, -0.2) is 0 Å². The van der Waals surface area contributed by atoms with Gasteiger partial charge < -0.3 is 5.11 Å². The lowest BCUT2D eigenvalue weighted by atomic mass is 9.29. The van der Waals surface area contributed by atoms with Crippen LogP contribution in [0.1, 0.15) is 113 Å². The monoisotopic (exact) mass is 456 g/mol. The summed E-state index contributed by atoms with van der Waals surface area (Å²) in [6.07, 6.45) is 8.52. The lowest BCUT2D eigenvalue weighted by Crippen LogP contribution is -2.72. The minimum Gasteiger partial charge on any atom is -0.393 e. The number of hydrogen-bond donors (Lipinski definition) is 1. The molecule has 3 heteroatoms. The molecule has 10 atom stereocenters. The molecule has 0 unspecified atom stereocenters. The van der Waals surface area contributed by atoms with Crippen LogP contribution in [0.2, 0.25) is 0 Å². The fourth-order valence-electron chi connectivity index (χ4n) is 11.1. The first-order chi connectivity index (χ1) is 15.1. The molecule has 0 amide bonds. The minimum atomic E-state index is -0.323. The summed E-state index contributed by atoms with van der Waals surface area (Å²) >= 11 is 0. The molecule has 3 nitrogen and oxygen atoms in total. The molecule has 0 heterocycles. The lowest BCUT2D eigenvalue weighted by Gasteiger charge is -2.75. The zero-order valence-electron chi connectivity index (χ0n) is 22.5. The average molecular weight is 457 g/mol. The first-order valence-corrected chi connectivity index (χ1v) is 13.8. The smallest absolute Gasteiger partial charge is 0.144 e. The summed E-state index contributed by atoms with van der Waals surface area (Å²) in [4.78, 5) is 26.3. The van der Waals surface area contributed by atoms with Gasteiger partial charge in [-0.1, -0.05) is 55.4 Å². The van der Waals surface area contributed by atoms with E-state index in [0.29, 0.717) is 17.3 Å². The van der Waals surface area contributed by atoms with Crippen molar-refractivity contribution in [3.8, 4) is 0 Å². The summed E-state index contributed by atoms with van der Waals surface area (Å²) in [7, 11) is 0. The summed E-state index contributed by atoms with van der Waals surface area (Å²) < 4.78 is 0. The Kier molecular flexibility index (Phi) is 4.90. The number of carbonyl (C=O) groups excluding carboxylic acids is 2. The van der Waals surface area contributed by atoms with Gasteiger partial charge in [0.05, 0.1) is 12.5 Å². The molecular weight excluding hydrogens is 408 g/mol. The summed E-state index contributed by atoms with van der Waals surface area (Å²) in [5, 5.41) is 12.0. The van der Waals surface area contributed by atoms with Gasteiger partial charge in [0, 0.05) is 17.3 Å². The van der Waals surface area contributed by atoms with Crippen molar-refractivity contribution >= 4 is 11.6 Å². The van der Waals surface area contributed by atoms with Crippen molar-refractivity contribution in [3.05, 3.63) is 0 Å². The zero-order chi connectivity index (χ0) is 24.4. The summed E-state index contributed by atoms with van der Waals surface area (Å²) in [5.41, 5.74) is 0.0894. The van der Waals surface area contributed by atoms with Crippen LogP contribution in [0.3, 0.4) is 0 Å². The number of aliphatic hydroxyl groups is 1. The average Bonchev–Trinajstić information content (AvgIpc) is 2.70. The summed E-state index contributed by atoms with van der Waals surface area (Å²) in [5.74, 6) is 1.18. The number of carbonyl (C=O) groups is 2. The summed E-state index contributed by atoms with van der Waals surface area (Å²) in [6.45, 7) is 18.9. The number of hydrogen-bond acceptors (Lipinski definition) is 3. The highest BCUT2D eigenvalue weighted by atomic mass is 16.3. The fraction of sp³-hybridized carbons (Fsp3) is 0.933. The van der Waals surface area contributed by atoms with Crippen molar-refractivity contribution in [1.82, 2.24) is 0 Å². The van der Waals surface area contributed by atoms with Gasteiger partial charge in [-0.2, -0.15) is 0 Å². The quantitative estimate of drug-likeness (QED) is 0.417. The van der Waals surface area contributed by atoms with E-state index in [1.54, 1.807) is 0 Å². The van der Waals surface area contributed by atoms with Gasteiger partial charge in [0.2, 0.25) is 0 Å². The molecule has 33 heavy (non-hydrogen) atoms. The van der Waals surface area contributed by atoms with Gasteiger partial charge in [0.1, 0.15) is 11.6 Å². The number of aliphatic hydroxyl groups excluding tert-OH is 1. The predicted molar refractivity (Wildman–Crippen MR) is 132 cm³/mol. The molecule has 5 aliphatic rings. The van der Waals surface area contributed by atoms with E-state index in [-0.39, 0.29) is 63.0 Å². The maximum absolute atomic E-state index is 13.6. The van der Waals surface area contributed by atoms with Gasteiger partial charge in [0.25, 0.3) is 0 Å². The molecule has 5 rings (SSSR count). The van der Waals surface area contributed by atoms with Crippen molar-refractivity contribution in [1.29, 1.82) is 0 Å². The van der Waals surface area contributed by atoms with Gasteiger partial charge in [0.15, 0.2) is 0 Å². The van der Waals surface area contributed by atoms with Crippen LogP contribution in [0.4, 0.5) is 0 Å². The van der Waals surface area contributed by atoms with E-state index in [0.717, 1.165) is 32.1 Å².